The van der Waals surface area contributed by atoms with Crippen LogP contribution in [0.15, 0.2) is 103 Å². The van der Waals surface area contributed by atoms with E-state index in [-0.39, 0.29) is 11.8 Å². The molecule has 3 aliphatic heterocycles. The molecule has 0 saturated heterocycles. The zero-order valence-corrected chi connectivity index (χ0v) is 21.5. The molecule has 0 fully saturated rings. The topological polar surface area (TPSA) is 112 Å². The molecule has 6 amide bonds. The number of amides is 6. The summed E-state index contributed by atoms with van der Waals surface area (Å²) >= 11 is 0. The van der Waals surface area contributed by atoms with E-state index in [2.05, 4.69) is 0 Å². The minimum Gasteiger partial charge on any atom is -0.269 e. The fourth-order valence-electron chi connectivity index (χ4n) is 5.04. The number of benzene rings is 3. The molecule has 9 nitrogen and oxygen atoms in total. The average molecular weight is 544 g/mol. The van der Waals surface area contributed by atoms with Crippen LogP contribution in [0, 0.1) is 0 Å². The summed E-state index contributed by atoms with van der Waals surface area (Å²) < 4.78 is 0. The van der Waals surface area contributed by atoms with Crippen molar-refractivity contribution >= 4 is 52.5 Å². The Labute approximate surface area is 234 Å². The van der Waals surface area contributed by atoms with Crippen LogP contribution in [0.25, 0.3) is 0 Å². The first-order valence-electron chi connectivity index (χ1n) is 12.8. The van der Waals surface area contributed by atoms with Crippen LogP contribution in [0.3, 0.4) is 0 Å². The maximum absolute atomic E-state index is 12.5. The zero-order chi connectivity index (χ0) is 28.7. The number of hydrogen-bond acceptors (Lipinski definition) is 6. The Morgan fingerprint density at radius 1 is 0.390 bits per heavy atom. The fraction of sp³-hybridized carbons (Fsp3) is 0.0625. The maximum Gasteiger partial charge on any atom is 0.258 e. The van der Waals surface area contributed by atoms with Crippen molar-refractivity contribution in [1.82, 2.24) is 0 Å². The van der Waals surface area contributed by atoms with Gasteiger partial charge in [-0.3, -0.25) is 28.8 Å². The van der Waals surface area contributed by atoms with Gasteiger partial charge in [0.25, 0.3) is 35.4 Å². The molecule has 0 unspecified atom stereocenters. The van der Waals surface area contributed by atoms with Crippen LogP contribution < -0.4 is 14.7 Å². The van der Waals surface area contributed by atoms with Gasteiger partial charge in [-0.25, -0.2) is 14.7 Å². The fourth-order valence-corrected chi connectivity index (χ4v) is 5.04. The molecule has 0 saturated carbocycles. The molecule has 3 heterocycles. The number of hydrogen-bond donors (Lipinski definition) is 0. The monoisotopic (exact) mass is 543 g/mol. The Morgan fingerprint density at radius 2 is 0.756 bits per heavy atom. The third-order valence-corrected chi connectivity index (χ3v) is 7.00. The predicted octanol–water partition coefficient (Wildman–Crippen LogP) is 3.16. The summed E-state index contributed by atoms with van der Waals surface area (Å²) in [6.07, 6.45) is 8.30. The second-order valence-corrected chi connectivity index (χ2v) is 9.69. The molecule has 3 aliphatic rings. The van der Waals surface area contributed by atoms with Gasteiger partial charge in [0.15, 0.2) is 0 Å². The van der Waals surface area contributed by atoms with Crippen molar-refractivity contribution < 1.29 is 28.8 Å². The minimum atomic E-state index is -0.422. The molecular weight excluding hydrogens is 522 g/mol. The van der Waals surface area contributed by atoms with E-state index < -0.39 is 23.6 Å². The molecule has 0 N–H and O–H groups in total. The van der Waals surface area contributed by atoms with Crippen LogP contribution in [0.4, 0.5) is 17.1 Å². The molecule has 3 aromatic carbocycles. The van der Waals surface area contributed by atoms with Crippen LogP contribution >= 0.6 is 0 Å². The van der Waals surface area contributed by atoms with E-state index in [1.165, 1.54) is 36.5 Å². The van der Waals surface area contributed by atoms with E-state index in [0.717, 1.165) is 37.0 Å². The van der Waals surface area contributed by atoms with Gasteiger partial charge in [0, 0.05) is 36.5 Å². The van der Waals surface area contributed by atoms with Gasteiger partial charge in [-0.1, -0.05) is 36.4 Å². The normalized spacial score (nSPS) is 16.3. The van der Waals surface area contributed by atoms with Gasteiger partial charge < -0.3 is 0 Å². The highest BCUT2D eigenvalue weighted by Gasteiger charge is 2.28. The summed E-state index contributed by atoms with van der Waals surface area (Å²) in [5, 5.41) is 0. The summed E-state index contributed by atoms with van der Waals surface area (Å²) in [4.78, 5) is 76.3. The molecule has 9 heteroatoms. The number of nitrogens with zero attached hydrogens (tertiary/aromatic N) is 3. The highest BCUT2D eigenvalue weighted by atomic mass is 16.2. The van der Waals surface area contributed by atoms with Gasteiger partial charge in [0.1, 0.15) is 0 Å². The summed E-state index contributed by atoms with van der Waals surface area (Å²) in [5.41, 5.74) is 4.87. The molecule has 0 atom stereocenters. The van der Waals surface area contributed by atoms with Gasteiger partial charge in [0.2, 0.25) is 0 Å². The molecule has 41 heavy (non-hydrogen) atoms. The molecule has 0 aliphatic carbocycles. The number of carbonyl (C=O) groups excluding carboxylic acids is 6. The van der Waals surface area contributed by atoms with Gasteiger partial charge in [-0.05, 0) is 65.4 Å². The van der Waals surface area contributed by atoms with Crippen molar-refractivity contribution in [1.29, 1.82) is 0 Å². The second kappa shape index (κ2) is 10.1. The SMILES string of the molecule is O=C1C=CC(=O)N1c1ccc(Cc2ccc(N3C(=O)C=CC3=O)c(Cc3ccc(N4C(=O)C=CC4=O)cc3)c2)cc1. The largest absolute Gasteiger partial charge is 0.269 e. The number of imide groups is 3. The molecule has 0 radical (unpaired) electrons. The summed E-state index contributed by atoms with van der Waals surface area (Å²) in [5.74, 6) is -2.42. The second-order valence-electron chi connectivity index (χ2n) is 9.69. The summed E-state index contributed by atoms with van der Waals surface area (Å²) in [6.45, 7) is 0. The van der Waals surface area contributed by atoms with Crippen molar-refractivity contribution in [2.24, 2.45) is 0 Å². The van der Waals surface area contributed by atoms with Crippen molar-refractivity contribution in [3.63, 3.8) is 0 Å². The van der Waals surface area contributed by atoms with Crippen LogP contribution in [0.5, 0.6) is 0 Å². The van der Waals surface area contributed by atoms with E-state index in [1.807, 2.05) is 24.3 Å². The summed E-state index contributed by atoms with van der Waals surface area (Å²) in [6, 6.07) is 19.6. The predicted molar refractivity (Wildman–Crippen MR) is 150 cm³/mol. The lowest BCUT2D eigenvalue weighted by Crippen LogP contribution is -2.30. The highest BCUT2D eigenvalue weighted by Crippen LogP contribution is 2.30. The highest BCUT2D eigenvalue weighted by molar-refractivity contribution is 6.29. The first-order valence-corrected chi connectivity index (χ1v) is 12.8. The van der Waals surface area contributed by atoms with E-state index in [1.54, 1.807) is 42.5 Å². The van der Waals surface area contributed by atoms with Crippen LogP contribution in [-0.2, 0) is 41.6 Å². The average Bonchev–Trinajstić information content (AvgIpc) is 3.60. The van der Waals surface area contributed by atoms with Crippen LogP contribution in [0.1, 0.15) is 22.3 Å². The van der Waals surface area contributed by atoms with Crippen LogP contribution in [-0.4, -0.2) is 35.4 Å². The van der Waals surface area contributed by atoms with Gasteiger partial charge in [-0.15, -0.1) is 0 Å². The molecule has 3 aromatic rings. The Bertz CT molecular complexity index is 1690. The standard InChI is InChI=1S/C32H21N3O6/c36-27-11-12-28(37)33(27)24-6-1-20(2-7-24)17-22-5-10-26(35-31(40)15-16-32(35)41)23(19-22)18-21-3-8-25(9-4-21)34-29(38)13-14-30(34)39/h1-16,19H,17-18H2. The molecule has 6 rings (SSSR count). The first-order chi connectivity index (χ1) is 19.8. The van der Waals surface area contributed by atoms with E-state index in [0.29, 0.717) is 29.9 Å². The molecular formula is C32H21N3O6. The lowest BCUT2D eigenvalue weighted by Gasteiger charge is -2.20. The number of anilines is 3. The first kappa shape index (κ1) is 25.6. The lowest BCUT2D eigenvalue weighted by atomic mass is 9.96. The molecule has 0 aromatic heterocycles. The van der Waals surface area contributed by atoms with Crippen molar-refractivity contribution in [2.45, 2.75) is 12.8 Å². The Kier molecular flexibility index (Phi) is 6.31. The maximum atomic E-state index is 12.5. The lowest BCUT2D eigenvalue weighted by molar-refractivity contribution is -0.121. The summed E-state index contributed by atoms with van der Waals surface area (Å²) in [7, 11) is 0. The number of carbonyl (C=O) groups is 6. The van der Waals surface area contributed by atoms with Crippen molar-refractivity contribution in [3.8, 4) is 0 Å². The Morgan fingerprint density at radius 3 is 1.20 bits per heavy atom. The van der Waals surface area contributed by atoms with E-state index in [4.69, 9.17) is 0 Å². The van der Waals surface area contributed by atoms with E-state index in [9.17, 15) is 28.8 Å². The van der Waals surface area contributed by atoms with E-state index >= 15 is 0 Å². The van der Waals surface area contributed by atoms with Crippen molar-refractivity contribution in [2.75, 3.05) is 14.7 Å². The molecule has 0 bridgehead atoms. The third kappa shape index (κ3) is 4.80. The third-order valence-electron chi connectivity index (χ3n) is 7.00. The Balaban J connectivity index is 1.27. The Hall–Kier alpha value is -5.70. The minimum absolute atomic E-state index is 0.381. The number of rotatable bonds is 7. The van der Waals surface area contributed by atoms with Gasteiger partial charge in [0.05, 0.1) is 17.1 Å². The van der Waals surface area contributed by atoms with Crippen molar-refractivity contribution in [3.05, 3.63) is 125 Å². The molecule has 200 valence electrons. The van der Waals surface area contributed by atoms with Crippen LogP contribution in [0.2, 0.25) is 0 Å². The smallest absolute Gasteiger partial charge is 0.258 e. The van der Waals surface area contributed by atoms with Gasteiger partial charge in [-0.2, -0.15) is 0 Å². The quantitative estimate of drug-likeness (QED) is 0.423. The zero-order valence-electron chi connectivity index (χ0n) is 21.5. The molecule has 0 spiro atoms. The van der Waals surface area contributed by atoms with Gasteiger partial charge >= 0.3 is 0 Å².